The number of hydrogen-bond donors (Lipinski definition) is 0. The Hall–Kier alpha value is -0.735. The number of rotatable bonds is 6. The van der Waals surface area contributed by atoms with Crippen molar-refractivity contribution in [2.24, 2.45) is 10.9 Å². The van der Waals surface area contributed by atoms with E-state index in [1.165, 1.54) is 22.6 Å². The van der Waals surface area contributed by atoms with E-state index >= 15 is 0 Å². The van der Waals surface area contributed by atoms with Crippen molar-refractivity contribution in [3.8, 4) is 0 Å². The van der Waals surface area contributed by atoms with E-state index in [0.717, 1.165) is 18.0 Å². The smallest absolute Gasteiger partial charge is 0.375 e. The van der Waals surface area contributed by atoms with E-state index in [1.807, 2.05) is 11.6 Å². The van der Waals surface area contributed by atoms with Crippen LogP contribution in [-0.2, 0) is 4.65 Å². The number of hydrogen-bond acceptors (Lipinski definition) is 3. The Labute approximate surface area is 152 Å². The second kappa shape index (κ2) is 7.25. The third-order valence-electron chi connectivity index (χ3n) is 5.35. The molecule has 0 spiro atoms. The van der Waals surface area contributed by atoms with Gasteiger partial charge in [-0.1, -0.05) is 27.7 Å². The lowest BCUT2D eigenvalue weighted by molar-refractivity contribution is -0.00482. The van der Waals surface area contributed by atoms with Gasteiger partial charge in [0.05, 0.1) is 5.69 Å². The van der Waals surface area contributed by atoms with Crippen LogP contribution >= 0.6 is 11.6 Å². The van der Waals surface area contributed by atoms with Gasteiger partial charge in [0.15, 0.2) is 0 Å². The number of nitrogens with zero attached hydrogens (tertiary/aromatic N) is 1. The van der Waals surface area contributed by atoms with Gasteiger partial charge in [0, 0.05) is 16.6 Å². The Kier molecular flexibility index (Phi) is 5.92. The molecule has 1 heterocycles. The third kappa shape index (κ3) is 4.26. The minimum absolute atomic E-state index is 0.0442. The third-order valence-corrected chi connectivity index (χ3v) is 6.77. The van der Waals surface area contributed by atoms with E-state index in [9.17, 15) is 0 Å². The van der Waals surface area contributed by atoms with Gasteiger partial charge in [-0.25, -0.2) is 0 Å². The van der Waals surface area contributed by atoms with E-state index in [1.54, 1.807) is 0 Å². The van der Waals surface area contributed by atoms with Crippen molar-refractivity contribution >= 4 is 29.2 Å². The Morgan fingerprint density at radius 1 is 1.25 bits per heavy atom. The largest absolute Gasteiger partial charge is 0.420 e. The van der Waals surface area contributed by atoms with Crippen LogP contribution in [-0.4, -0.2) is 17.5 Å². The zero-order valence-corrected chi connectivity index (χ0v) is 17.4. The molecule has 0 radical (unpaired) electrons. The van der Waals surface area contributed by atoms with E-state index < -0.39 is 0 Å². The summed E-state index contributed by atoms with van der Waals surface area (Å²) in [5.41, 5.74) is 3.50. The van der Waals surface area contributed by atoms with Crippen LogP contribution in [0.1, 0.15) is 66.9 Å². The maximum absolute atomic E-state index is 6.07. The molecule has 0 aliphatic carbocycles. The van der Waals surface area contributed by atoms with Crippen LogP contribution in [0.2, 0.25) is 5.31 Å². The molecular weight excluding hydrogens is 313 g/mol. The topological polar surface area (TPSA) is 21.6 Å². The zero-order chi connectivity index (χ0) is 18.1. The molecule has 132 valence electrons. The highest BCUT2D eigenvalue weighted by Gasteiger charge is 2.59. The van der Waals surface area contributed by atoms with Crippen LogP contribution in [0.4, 0.5) is 5.69 Å². The second-order valence-corrected chi connectivity index (χ2v) is 9.66. The van der Waals surface area contributed by atoms with Crippen LogP contribution in [0.25, 0.3) is 0 Å². The van der Waals surface area contributed by atoms with Gasteiger partial charge < -0.3 is 4.65 Å². The lowest BCUT2D eigenvalue weighted by atomic mass is 9.49. The molecule has 2 rings (SSSR count). The van der Waals surface area contributed by atoms with Crippen LogP contribution in [0.3, 0.4) is 0 Å². The Morgan fingerprint density at radius 3 is 2.42 bits per heavy atom. The number of aliphatic imine (C=N–C) groups is 1. The average molecular weight is 345 g/mol. The fourth-order valence-electron chi connectivity index (χ4n) is 2.67. The zero-order valence-electron chi connectivity index (χ0n) is 16.6. The molecule has 0 amide bonds. The van der Waals surface area contributed by atoms with Gasteiger partial charge in [0.25, 0.3) is 0 Å². The first kappa shape index (κ1) is 19.6. The molecule has 0 saturated carbocycles. The summed E-state index contributed by atoms with van der Waals surface area (Å²) in [5, 5.41) is 0.176. The van der Waals surface area contributed by atoms with Crippen molar-refractivity contribution < 1.29 is 4.65 Å². The molecule has 0 unspecified atom stereocenters. The standard InChI is InChI=1S/C20H32BNOS/c1-14(2)9-10-16(4)22-18-12-11-17(13-15(18)3)24-21-19(5,6)20(7,8)23-21/h11-14H,9-10H2,1-8H3. The van der Waals surface area contributed by atoms with Crippen molar-refractivity contribution in [1.29, 1.82) is 0 Å². The first-order valence-electron chi connectivity index (χ1n) is 9.02. The second-order valence-electron chi connectivity index (χ2n) is 8.53. The minimum Gasteiger partial charge on any atom is -0.420 e. The fourth-order valence-corrected chi connectivity index (χ4v) is 4.18. The average Bonchev–Trinajstić information content (AvgIpc) is 2.47. The van der Waals surface area contributed by atoms with Crippen molar-refractivity contribution in [3.05, 3.63) is 23.8 Å². The first-order chi connectivity index (χ1) is 11.0. The molecule has 1 aromatic carbocycles. The highest BCUT2D eigenvalue weighted by Crippen LogP contribution is 2.58. The lowest BCUT2D eigenvalue weighted by Crippen LogP contribution is -2.59. The summed E-state index contributed by atoms with van der Waals surface area (Å²) in [7, 11) is 0. The van der Waals surface area contributed by atoms with E-state index in [-0.39, 0.29) is 17.1 Å². The summed E-state index contributed by atoms with van der Waals surface area (Å²) in [6.45, 7) is 17.7. The van der Waals surface area contributed by atoms with Gasteiger partial charge >= 0.3 is 6.19 Å². The molecule has 24 heavy (non-hydrogen) atoms. The Morgan fingerprint density at radius 2 is 1.92 bits per heavy atom. The summed E-state index contributed by atoms with van der Waals surface area (Å²) in [5.74, 6) is 0.727. The lowest BCUT2D eigenvalue weighted by Gasteiger charge is -2.56. The molecular formula is C20H32BNOS. The van der Waals surface area contributed by atoms with Gasteiger partial charge in [-0.3, -0.25) is 4.99 Å². The van der Waals surface area contributed by atoms with Gasteiger partial charge in [-0.15, -0.1) is 11.6 Å². The summed E-state index contributed by atoms with van der Waals surface area (Å²) in [4.78, 5) is 6.08. The molecule has 1 aliphatic rings. The summed E-state index contributed by atoms with van der Waals surface area (Å²) in [6.07, 6.45) is 2.49. The highest BCUT2D eigenvalue weighted by molar-refractivity contribution is 8.25. The van der Waals surface area contributed by atoms with Crippen LogP contribution in [0.15, 0.2) is 28.1 Å². The summed E-state index contributed by atoms with van der Waals surface area (Å²) in [6, 6.07) is 6.56. The summed E-state index contributed by atoms with van der Waals surface area (Å²) >= 11 is 1.82. The molecule has 0 atom stereocenters. The quantitative estimate of drug-likeness (QED) is 0.423. The molecule has 2 nitrogen and oxygen atoms in total. The molecule has 4 heteroatoms. The number of aryl methyl sites for hydroxylation is 1. The molecule has 1 fully saturated rings. The fraction of sp³-hybridized carbons (Fsp3) is 0.650. The van der Waals surface area contributed by atoms with Crippen molar-refractivity contribution in [2.45, 2.75) is 84.0 Å². The van der Waals surface area contributed by atoms with Crippen LogP contribution in [0, 0.1) is 12.8 Å². The van der Waals surface area contributed by atoms with Crippen LogP contribution < -0.4 is 0 Å². The Bertz CT molecular complexity index is 622. The summed E-state index contributed by atoms with van der Waals surface area (Å²) < 4.78 is 6.07. The molecule has 0 N–H and O–H groups in total. The van der Waals surface area contributed by atoms with E-state index in [0.29, 0.717) is 0 Å². The van der Waals surface area contributed by atoms with Crippen LogP contribution in [0.5, 0.6) is 0 Å². The minimum atomic E-state index is -0.0442. The van der Waals surface area contributed by atoms with Gasteiger partial charge in [0.1, 0.15) is 0 Å². The van der Waals surface area contributed by atoms with E-state index in [4.69, 9.17) is 9.65 Å². The van der Waals surface area contributed by atoms with E-state index in [2.05, 4.69) is 73.6 Å². The number of benzene rings is 1. The monoisotopic (exact) mass is 345 g/mol. The van der Waals surface area contributed by atoms with Gasteiger partial charge in [-0.05, 0) is 75.1 Å². The van der Waals surface area contributed by atoms with Crippen molar-refractivity contribution in [2.75, 3.05) is 0 Å². The molecule has 0 aromatic heterocycles. The molecule has 1 saturated heterocycles. The van der Waals surface area contributed by atoms with Crippen molar-refractivity contribution in [3.63, 3.8) is 0 Å². The highest BCUT2D eigenvalue weighted by atomic mass is 32.2. The predicted octanol–water partition coefficient (Wildman–Crippen LogP) is 6.69. The normalized spacial score (nSPS) is 19.5. The maximum atomic E-state index is 6.07. The SMILES string of the molecule is CC(CCC(C)C)=Nc1ccc(SB2OC(C)(C)C2(C)C)cc1C. The van der Waals surface area contributed by atoms with Gasteiger partial charge in [-0.2, -0.15) is 0 Å². The first-order valence-corrected chi connectivity index (χ1v) is 9.90. The van der Waals surface area contributed by atoms with Crippen molar-refractivity contribution in [1.82, 2.24) is 0 Å². The van der Waals surface area contributed by atoms with Gasteiger partial charge in [0.2, 0.25) is 0 Å². The molecule has 0 bridgehead atoms. The molecule has 1 aromatic rings. The Balaban J connectivity index is 2.04. The maximum Gasteiger partial charge on any atom is 0.375 e. The predicted molar refractivity (Wildman–Crippen MR) is 109 cm³/mol. The molecule has 1 aliphatic heterocycles.